The van der Waals surface area contributed by atoms with Crippen molar-refractivity contribution in [1.29, 1.82) is 0 Å². The maximum atomic E-state index is 4.06. The second kappa shape index (κ2) is 12.8. The highest BCUT2D eigenvalue weighted by Gasteiger charge is 2.02. The van der Waals surface area contributed by atoms with E-state index in [1.807, 2.05) is 12.4 Å². The van der Waals surface area contributed by atoms with Gasteiger partial charge in [0.2, 0.25) is 0 Å². The standard InChI is InChI=1S/C19H34N2/c1-3-4-5-6-7-8-9-10-11-12-15-21-18(2)19-13-16-20-17-14-19/h13-14,16-18,21H,3-12,15H2,1-2H3. The van der Waals surface area contributed by atoms with E-state index in [-0.39, 0.29) is 0 Å². The van der Waals surface area contributed by atoms with Crippen molar-refractivity contribution in [2.24, 2.45) is 0 Å². The third-order valence-corrected chi connectivity index (χ3v) is 4.19. The molecule has 1 N–H and O–H groups in total. The van der Waals surface area contributed by atoms with Crippen molar-refractivity contribution >= 4 is 0 Å². The summed E-state index contributed by atoms with van der Waals surface area (Å²) in [5.41, 5.74) is 1.33. The normalized spacial score (nSPS) is 12.5. The molecule has 0 saturated carbocycles. The number of nitrogens with zero attached hydrogens (tertiary/aromatic N) is 1. The molecule has 1 rings (SSSR count). The van der Waals surface area contributed by atoms with E-state index >= 15 is 0 Å². The maximum Gasteiger partial charge on any atom is 0.0292 e. The zero-order valence-corrected chi connectivity index (χ0v) is 14.1. The fourth-order valence-electron chi connectivity index (χ4n) is 2.70. The summed E-state index contributed by atoms with van der Waals surface area (Å²) < 4.78 is 0. The molecule has 1 aromatic heterocycles. The molecule has 21 heavy (non-hydrogen) atoms. The van der Waals surface area contributed by atoms with Crippen molar-refractivity contribution in [3.8, 4) is 0 Å². The van der Waals surface area contributed by atoms with Crippen molar-refractivity contribution in [3.63, 3.8) is 0 Å². The Morgan fingerprint density at radius 2 is 1.38 bits per heavy atom. The summed E-state index contributed by atoms with van der Waals surface area (Å²) in [5, 5.41) is 3.60. The van der Waals surface area contributed by atoms with Gasteiger partial charge in [0.05, 0.1) is 0 Å². The number of pyridine rings is 1. The molecule has 1 heterocycles. The van der Waals surface area contributed by atoms with Crippen LogP contribution in [0, 0.1) is 0 Å². The summed E-state index contributed by atoms with van der Waals surface area (Å²) in [6, 6.07) is 4.62. The second-order valence-corrected chi connectivity index (χ2v) is 6.14. The van der Waals surface area contributed by atoms with Gasteiger partial charge in [0.25, 0.3) is 0 Å². The molecule has 0 aromatic carbocycles. The highest BCUT2D eigenvalue weighted by molar-refractivity contribution is 5.13. The molecule has 0 aliphatic heterocycles. The summed E-state index contributed by atoms with van der Waals surface area (Å²) >= 11 is 0. The largest absolute Gasteiger partial charge is 0.310 e. The summed E-state index contributed by atoms with van der Waals surface area (Å²) in [6.45, 7) is 5.63. The first-order chi connectivity index (χ1) is 10.3. The van der Waals surface area contributed by atoms with Gasteiger partial charge in [-0.2, -0.15) is 0 Å². The molecular formula is C19H34N2. The van der Waals surface area contributed by atoms with Crippen LogP contribution in [0.2, 0.25) is 0 Å². The van der Waals surface area contributed by atoms with Crippen LogP contribution in [0.25, 0.3) is 0 Å². The molecule has 0 amide bonds. The molecule has 2 nitrogen and oxygen atoms in total. The summed E-state index contributed by atoms with van der Waals surface area (Å²) in [4.78, 5) is 4.06. The molecule has 0 saturated heterocycles. The van der Waals surface area contributed by atoms with E-state index in [9.17, 15) is 0 Å². The van der Waals surface area contributed by atoms with Gasteiger partial charge in [-0.05, 0) is 37.6 Å². The minimum Gasteiger partial charge on any atom is -0.310 e. The third-order valence-electron chi connectivity index (χ3n) is 4.19. The second-order valence-electron chi connectivity index (χ2n) is 6.14. The van der Waals surface area contributed by atoms with Crippen LogP contribution < -0.4 is 5.32 Å². The van der Waals surface area contributed by atoms with Gasteiger partial charge in [0.1, 0.15) is 0 Å². The van der Waals surface area contributed by atoms with Crippen LogP contribution in [0.4, 0.5) is 0 Å². The van der Waals surface area contributed by atoms with Crippen LogP contribution in [0.5, 0.6) is 0 Å². The molecule has 0 bridgehead atoms. The van der Waals surface area contributed by atoms with E-state index in [4.69, 9.17) is 0 Å². The van der Waals surface area contributed by atoms with Crippen LogP contribution in [-0.4, -0.2) is 11.5 Å². The smallest absolute Gasteiger partial charge is 0.0292 e. The number of nitrogens with one attached hydrogen (secondary N) is 1. The van der Waals surface area contributed by atoms with E-state index in [1.54, 1.807) is 0 Å². The molecule has 1 aromatic rings. The molecule has 2 heteroatoms. The number of hydrogen-bond donors (Lipinski definition) is 1. The highest BCUT2D eigenvalue weighted by atomic mass is 14.9. The number of aromatic nitrogens is 1. The molecular weight excluding hydrogens is 256 g/mol. The predicted molar refractivity (Wildman–Crippen MR) is 92.5 cm³/mol. The van der Waals surface area contributed by atoms with Crippen LogP contribution in [0.3, 0.4) is 0 Å². The van der Waals surface area contributed by atoms with E-state index in [2.05, 4.69) is 36.3 Å². The monoisotopic (exact) mass is 290 g/mol. The van der Waals surface area contributed by atoms with Crippen LogP contribution in [0.1, 0.15) is 89.7 Å². The van der Waals surface area contributed by atoms with Gasteiger partial charge in [0.15, 0.2) is 0 Å². The van der Waals surface area contributed by atoms with Gasteiger partial charge in [-0.1, -0.05) is 64.7 Å². The van der Waals surface area contributed by atoms with Crippen LogP contribution in [-0.2, 0) is 0 Å². The zero-order valence-electron chi connectivity index (χ0n) is 14.1. The lowest BCUT2D eigenvalue weighted by Crippen LogP contribution is -2.19. The average Bonchev–Trinajstić information content (AvgIpc) is 2.53. The van der Waals surface area contributed by atoms with Gasteiger partial charge in [-0.25, -0.2) is 0 Å². The lowest BCUT2D eigenvalue weighted by atomic mass is 10.1. The van der Waals surface area contributed by atoms with Crippen LogP contribution in [0.15, 0.2) is 24.5 Å². The first-order valence-electron chi connectivity index (χ1n) is 8.98. The first kappa shape index (κ1) is 18.2. The Morgan fingerprint density at radius 3 is 1.95 bits per heavy atom. The lowest BCUT2D eigenvalue weighted by molar-refractivity contribution is 0.518. The lowest BCUT2D eigenvalue weighted by Gasteiger charge is -2.13. The molecule has 1 unspecified atom stereocenters. The molecule has 1 atom stereocenters. The topological polar surface area (TPSA) is 24.9 Å². The summed E-state index contributed by atoms with van der Waals surface area (Å²) in [6.07, 6.45) is 17.8. The fourth-order valence-corrected chi connectivity index (χ4v) is 2.70. The van der Waals surface area contributed by atoms with Crippen molar-refractivity contribution in [2.75, 3.05) is 6.54 Å². The van der Waals surface area contributed by atoms with Crippen molar-refractivity contribution in [2.45, 2.75) is 84.1 Å². The van der Waals surface area contributed by atoms with Gasteiger partial charge in [-0.15, -0.1) is 0 Å². The van der Waals surface area contributed by atoms with Gasteiger partial charge >= 0.3 is 0 Å². The molecule has 0 spiro atoms. The number of unbranched alkanes of at least 4 members (excludes halogenated alkanes) is 9. The molecule has 120 valence electrons. The summed E-state index contributed by atoms with van der Waals surface area (Å²) in [5.74, 6) is 0. The summed E-state index contributed by atoms with van der Waals surface area (Å²) in [7, 11) is 0. The van der Waals surface area contributed by atoms with Crippen molar-refractivity contribution < 1.29 is 0 Å². The SMILES string of the molecule is CCCCCCCCCCCCNC(C)c1ccncc1. The molecule has 0 aliphatic carbocycles. The predicted octanol–water partition coefficient (Wildman–Crippen LogP) is 5.65. The Labute approximate surface area is 131 Å². The molecule has 0 aliphatic rings. The van der Waals surface area contributed by atoms with Crippen molar-refractivity contribution in [1.82, 2.24) is 10.3 Å². The minimum absolute atomic E-state index is 0.437. The minimum atomic E-state index is 0.437. The van der Waals surface area contributed by atoms with Gasteiger partial charge < -0.3 is 5.32 Å². The Bertz CT molecular complexity index is 324. The number of rotatable bonds is 13. The van der Waals surface area contributed by atoms with E-state index < -0.39 is 0 Å². The van der Waals surface area contributed by atoms with E-state index in [0.29, 0.717) is 6.04 Å². The third kappa shape index (κ3) is 9.62. The number of hydrogen-bond acceptors (Lipinski definition) is 2. The van der Waals surface area contributed by atoms with E-state index in [0.717, 1.165) is 6.54 Å². The van der Waals surface area contributed by atoms with Crippen molar-refractivity contribution in [3.05, 3.63) is 30.1 Å². The van der Waals surface area contributed by atoms with Gasteiger partial charge in [-0.3, -0.25) is 4.98 Å². The van der Waals surface area contributed by atoms with Crippen LogP contribution >= 0.6 is 0 Å². The molecule has 0 fully saturated rings. The fraction of sp³-hybridized carbons (Fsp3) is 0.737. The highest BCUT2D eigenvalue weighted by Crippen LogP contribution is 2.12. The Balaban J connectivity index is 1.86. The quantitative estimate of drug-likeness (QED) is 0.475. The Hall–Kier alpha value is -0.890. The average molecular weight is 290 g/mol. The Morgan fingerprint density at radius 1 is 0.857 bits per heavy atom. The zero-order chi connectivity index (χ0) is 15.2. The van der Waals surface area contributed by atoms with Gasteiger partial charge in [0, 0.05) is 18.4 Å². The Kier molecular flexibility index (Phi) is 11.1. The molecule has 0 radical (unpaired) electrons. The maximum absolute atomic E-state index is 4.06. The van der Waals surface area contributed by atoms with E-state index in [1.165, 1.54) is 69.8 Å². The first-order valence-corrected chi connectivity index (χ1v) is 8.98.